The van der Waals surface area contributed by atoms with Crippen molar-refractivity contribution >= 4 is 17.7 Å². The third-order valence-corrected chi connectivity index (χ3v) is 6.05. The summed E-state index contributed by atoms with van der Waals surface area (Å²) in [5.41, 5.74) is 7.34. The van der Waals surface area contributed by atoms with E-state index in [1.54, 1.807) is 6.07 Å². The molecular formula is C19H24N2O2S. The Labute approximate surface area is 147 Å². The van der Waals surface area contributed by atoms with Crippen LogP contribution in [0.25, 0.3) is 0 Å². The molecule has 24 heavy (non-hydrogen) atoms. The van der Waals surface area contributed by atoms with Crippen molar-refractivity contribution < 1.29 is 9.21 Å². The molecule has 1 fully saturated rings. The Balaban J connectivity index is 1.65. The number of carbonyl (C=O) groups excluding carboxylic acids is 1. The third-order valence-electron chi connectivity index (χ3n) is 4.56. The van der Waals surface area contributed by atoms with Gasteiger partial charge in [-0.25, -0.2) is 0 Å². The monoisotopic (exact) mass is 344 g/mol. The number of thioether (sulfide) groups is 1. The Bertz CT molecular complexity index is 688. The van der Waals surface area contributed by atoms with Crippen molar-refractivity contribution in [2.45, 2.75) is 48.8 Å². The van der Waals surface area contributed by atoms with Crippen LogP contribution in [0.3, 0.4) is 0 Å². The molecule has 5 heteroatoms. The van der Waals surface area contributed by atoms with E-state index in [9.17, 15) is 4.79 Å². The highest BCUT2D eigenvalue weighted by atomic mass is 32.2. The fourth-order valence-corrected chi connectivity index (χ4v) is 4.55. The van der Waals surface area contributed by atoms with Gasteiger partial charge in [-0.1, -0.05) is 30.5 Å². The lowest BCUT2D eigenvalue weighted by molar-refractivity contribution is 0.0949. The lowest BCUT2D eigenvalue weighted by atomic mass is 10.1. The minimum absolute atomic E-state index is 0.0886. The van der Waals surface area contributed by atoms with Gasteiger partial charge < -0.3 is 15.5 Å². The molecule has 0 radical (unpaired) electrons. The van der Waals surface area contributed by atoms with Crippen LogP contribution in [0.4, 0.5) is 0 Å². The number of aryl methyl sites for hydroxylation is 1. The molecule has 1 aromatic heterocycles. The second-order valence-corrected chi connectivity index (χ2v) is 8.04. The van der Waals surface area contributed by atoms with E-state index in [-0.39, 0.29) is 10.7 Å². The summed E-state index contributed by atoms with van der Waals surface area (Å²) < 4.78 is 5.34. The Morgan fingerprint density at radius 2 is 2.00 bits per heavy atom. The number of hydrogen-bond acceptors (Lipinski definition) is 4. The smallest absolute Gasteiger partial charge is 0.254 e. The number of amides is 1. The van der Waals surface area contributed by atoms with E-state index in [2.05, 4.69) is 36.5 Å². The molecule has 0 bridgehead atoms. The largest absolute Gasteiger partial charge is 0.467 e. The first kappa shape index (κ1) is 17.1. The van der Waals surface area contributed by atoms with E-state index in [0.717, 1.165) is 12.8 Å². The molecule has 3 N–H and O–H groups in total. The molecule has 1 saturated carbocycles. The van der Waals surface area contributed by atoms with Crippen LogP contribution < -0.4 is 11.1 Å². The maximum atomic E-state index is 12.3. The van der Waals surface area contributed by atoms with Crippen molar-refractivity contribution in [3.05, 3.63) is 53.5 Å². The molecular weight excluding hydrogens is 320 g/mol. The predicted octanol–water partition coefficient (Wildman–Crippen LogP) is 3.88. The van der Waals surface area contributed by atoms with E-state index in [1.807, 2.05) is 11.8 Å². The topological polar surface area (TPSA) is 68.3 Å². The molecule has 0 aliphatic heterocycles. The molecule has 1 aliphatic carbocycles. The first-order valence-electron chi connectivity index (χ1n) is 8.42. The number of rotatable bonds is 6. The molecule has 4 nitrogen and oxygen atoms in total. The van der Waals surface area contributed by atoms with Gasteiger partial charge in [-0.05, 0) is 38.0 Å². The normalized spacial score (nSPS) is 16.2. The average Bonchev–Trinajstić information content (AvgIpc) is 3.25. The van der Waals surface area contributed by atoms with Crippen molar-refractivity contribution in [1.82, 2.24) is 5.32 Å². The lowest BCUT2D eigenvalue weighted by Gasteiger charge is -2.28. The third kappa shape index (κ3) is 4.02. The van der Waals surface area contributed by atoms with Crippen LogP contribution in [-0.2, 0) is 6.54 Å². The van der Waals surface area contributed by atoms with E-state index in [4.69, 9.17) is 10.2 Å². The van der Waals surface area contributed by atoms with Gasteiger partial charge in [0.25, 0.3) is 5.91 Å². The van der Waals surface area contributed by atoms with E-state index >= 15 is 0 Å². The lowest BCUT2D eigenvalue weighted by Crippen LogP contribution is -2.38. The standard InChI is InChI=1S/C19H24N2O2S/c1-14-4-6-17(7-5-14)24-19(8-2-3-9-19)13-21-18(22)15-10-16(11-20)23-12-15/h4-7,10,12H,2-3,8-9,11,13,20H2,1H3,(H,21,22). The Morgan fingerprint density at radius 3 is 2.62 bits per heavy atom. The van der Waals surface area contributed by atoms with Crippen LogP contribution in [-0.4, -0.2) is 17.2 Å². The second kappa shape index (κ2) is 7.45. The minimum Gasteiger partial charge on any atom is -0.467 e. The summed E-state index contributed by atoms with van der Waals surface area (Å²) in [6, 6.07) is 10.3. The number of hydrogen-bond donors (Lipinski definition) is 2. The summed E-state index contributed by atoms with van der Waals surface area (Å²) >= 11 is 1.90. The van der Waals surface area contributed by atoms with E-state index in [0.29, 0.717) is 24.4 Å². The second-order valence-electron chi connectivity index (χ2n) is 6.49. The van der Waals surface area contributed by atoms with Crippen molar-refractivity contribution in [2.75, 3.05) is 6.54 Å². The minimum atomic E-state index is -0.0887. The molecule has 0 saturated heterocycles. The first-order valence-corrected chi connectivity index (χ1v) is 9.23. The zero-order valence-electron chi connectivity index (χ0n) is 14.0. The summed E-state index contributed by atoms with van der Waals surface area (Å²) in [4.78, 5) is 13.6. The number of carbonyl (C=O) groups is 1. The highest BCUT2D eigenvalue weighted by molar-refractivity contribution is 8.00. The molecule has 1 heterocycles. The Morgan fingerprint density at radius 1 is 1.29 bits per heavy atom. The van der Waals surface area contributed by atoms with Gasteiger partial charge in [0.15, 0.2) is 0 Å². The van der Waals surface area contributed by atoms with E-state index < -0.39 is 0 Å². The maximum absolute atomic E-state index is 12.3. The summed E-state index contributed by atoms with van der Waals surface area (Å²) in [7, 11) is 0. The highest BCUT2D eigenvalue weighted by Gasteiger charge is 2.35. The van der Waals surface area contributed by atoms with Gasteiger partial charge in [-0.3, -0.25) is 4.79 Å². The van der Waals surface area contributed by atoms with Crippen LogP contribution in [0, 0.1) is 6.92 Å². The van der Waals surface area contributed by atoms with Gasteiger partial charge >= 0.3 is 0 Å². The Kier molecular flexibility index (Phi) is 5.31. The number of nitrogens with one attached hydrogen (secondary N) is 1. The van der Waals surface area contributed by atoms with Gasteiger partial charge in [0.2, 0.25) is 0 Å². The molecule has 1 amide bonds. The molecule has 3 rings (SSSR count). The maximum Gasteiger partial charge on any atom is 0.254 e. The summed E-state index contributed by atoms with van der Waals surface area (Å²) in [5.74, 6) is 0.541. The van der Waals surface area contributed by atoms with Crippen LogP contribution in [0.5, 0.6) is 0 Å². The Hall–Kier alpha value is -1.72. The number of furan rings is 1. The van der Waals surface area contributed by atoms with Gasteiger partial charge in [0.05, 0.1) is 12.1 Å². The molecule has 2 aromatic rings. The molecule has 0 unspecified atom stereocenters. The first-order chi connectivity index (χ1) is 11.6. The van der Waals surface area contributed by atoms with Crippen LogP contribution in [0.2, 0.25) is 0 Å². The van der Waals surface area contributed by atoms with Crippen LogP contribution >= 0.6 is 11.8 Å². The number of nitrogens with two attached hydrogens (primary N) is 1. The fraction of sp³-hybridized carbons (Fsp3) is 0.421. The fourth-order valence-electron chi connectivity index (χ4n) is 3.14. The quantitative estimate of drug-likeness (QED) is 0.834. The van der Waals surface area contributed by atoms with Gasteiger partial charge in [0.1, 0.15) is 12.0 Å². The van der Waals surface area contributed by atoms with Crippen molar-refractivity contribution in [3.8, 4) is 0 Å². The van der Waals surface area contributed by atoms with Crippen LogP contribution in [0.15, 0.2) is 45.9 Å². The predicted molar refractivity (Wildman–Crippen MR) is 97.2 cm³/mol. The molecule has 0 spiro atoms. The average molecular weight is 344 g/mol. The number of benzene rings is 1. The summed E-state index contributed by atoms with van der Waals surface area (Å²) in [6.45, 7) is 3.08. The van der Waals surface area contributed by atoms with Crippen molar-refractivity contribution in [1.29, 1.82) is 0 Å². The van der Waals surface area contributed by atoms with Crippen molar-refractivity contribution in [3.63, 3.8) is 0 Å². The van der Waals surface area contributed by atoms with Gasteiger partial charge in [-0.15, -0.1) is 11.8 Å². The van der Waals surface area contributed by atoms with Gasteiger partial charge in [-0.2, -0.15) is 0 Å². The van der Waals surface area contributed by atoms with Crippen molar-refractivity contribution in [2.24, 2.45) is 5.73 Å². The SMILES string of the molecule is Cc1ccc(SC2(CNC(=O)c3coc(CN)c3)CCCC2)cc1. The van der Waals surface area contributed by atoms with Gasteiger partial charge in [0, 0.05) is 16.2 Å². The highest BCUT2D eigenvalue weighted by Crippen LogP contribution is 2.44. The summed E-state index contributed by atoms with van der Waals surface area (Å²) in [6.07, 6.45) is 6.18. The molecule has 0 atom stereocenters. The zero-order valence-corrected chi connectivity index (χ0v) is 14.8. The zero-order chi connectivity index (χ0) is 17.0. The molecule has 1 aliphatic rings. The van der Waals surface area contributed by atoms with E-state index in [1.165, 1.54) is 29.6 Å². The summed E-state index contributed by atoms with van der Waals surface area (Å²) in [5, 5.41) is 3.09. The van der Waals surface area contributed by atoms with Crippen LogP contribution in [0.1, 0.15) is 47.4 Å². The molecule has 128 valence electrons. The molecule has 1 aromatic carbocycles.